The van der Waals surface area contributed by atoms with Gasteiger partial charge in [0.25, 0.3) is 5.39 Å². The highest BCUT2D eigenvalue weighted by atomic mass is 15.3. The average molecular weight is 191 g/mol. The molecular weight excluding hydrogens is 176 g/mol. The van der Waals surface area contributed by atoms with Crippen LogP contribution in [0.25, 0.3) is 5.08 Å². The lowest BCUT2D eigenvalue weighted by Crippen LogP contribution is -2.21. The molecule has 0 spiro atoms. The maximum atomic E-state index is 8.29. The third kappa shape index (κ3) is 2.36. The van der Waals surface area contributed by atoms with E-state index in [1.54, 1.807) is 0 Å². The number of hydrogen-bond acceptors (Lipinski definition) is 3. The summed E-state index contributed by atoms with van der Waals surface area (Å²) < 4.78 is 0. The lowest BCUT2D eigenvalue weighted by molar-refractivity contribution is 0.866. The van der Waals surface area contributed by atoms with Crippen LogP contribution in [0.4, 0.5) is 11.4 Å². The van der Waals surface area contributed by atoms with Crippen molar-refractivity contribution >= 4 is 11.4 Å². The number of nitrogens with one attached hydrogen (secondary N) is 1. The van der Waals surface area contributed by atoms with Gasteiger partial charge in [0.05, 0.1) is 0 Å². The fourth-order valence-corrected chi connectivity index (χ4v) is 1.39. The fourth-order valence-electron chi connectivity index (χ4n) is 1.39. The van der Waals surface area contributed by atoms with Crippen LogP contribution in [0.2, 0.25) is 0 Å². The van der Waals surface area contributed by atoms with E-state index in [0.29, 0.717) is 0 Å². The van der Waals surface area contributed by atoms with Gasteiger partial charge in [-0.3, -0.25) is 0 Å². The molecule has 0 aliphatic heterocycles. The third-order valence-electron chi connectivity index (χ3n) is 2.17. The zero-order valence-electron chi connectivity index (χ0n) is 8.57. The van der Waals surface area contributed by atoms with Crippen molar-refractivity contribution in [1.29, 1.82) is 5.39 Å². The van der Waals surface area contributed by atoms with E-state index < -0.39 is 0 Å². The van der Waals surface area contributed by atoms with E-state index in [9.17, 15) is 0 Å². The van der Waals surface area contributed by atoms with Crippen LogP contribution in [0, 0.1) is 5.39 Å². The van der Waals surface area contributed by atoms with Gasteiger partial charge in [0.2, 0.25) is 0 Å². The second kappa shape index (κ2) is 5.07. The minimum absolute atomic E-state index is 0.781. The normalized spacial score (nSPS) is 9.21. The summed E-state index contributed by atoms with van der Waals surface area (Å²) in [6.07, 6.45) is 0. The molecule has 0 aliphatic carbocycles. The molecule has 1 rings (SSSR count). The molecule has 0 bridgehead atoms. The van der Waals surface area contributed by atoms with Crippen molar-refractivity contribution in [2.45, 2.75) is 13.8 Å². The molecule has 0 saturated carbocycles. The van der Waals surface area contributed by atoms with Gasteiger partial charge in [0.15, 0.2) is 0 Å². The molecule has 74 valence electrons. The second-order valence-electron chi connectivity index (χ2n) is 2.93. The second-order valence-corrected chi connectivity index (χ2v) is 2.93. The van der Waals surface area contributed by atoms with Crippen molar-refractivity contribution in [3.05, 3.63) is 29.4 Å². The summed E-state index contributed by atoms with van der Waals surface area (Å²) in [5.41, 5.74) is 4.43. The molecule has 0 unspecified atom stereocenters. The molecular formula is C10H15N4+. The maximum Gasteiger partial charge on any atom is 0.308 e. The van der Waals surface area contributed by atoms with Gasteiger partial charge < -0.3 is 4.90 Å². The van der Waals surface area contributed by atoms with Crippen LogP contribution in [-0.4, -0.2) is 13.1 Å². The van der Waals surface area contributed by atoms with E-state index in [-0.39, 0.29) is 0 Å². The van der Waals surface area contributed by atoms with Gasteiger partial charge >= 0.3 is 5.08 Å². The van der Waals surface area contributed by atoms with E-state index in [2.05, 4.69) is 29.3 Å². The van der Waals surface area contributed by atoms with Crippen molar-refractivity contribution in [1.82, 2.24) is 0 Å². The molecule has 0 aromatic heterocycles. The molecule has 0 saturated heterocycles. The Bertz CT molecular complexity index is 308. The Morgan fingerprint density at radius 3 is 2.21 bits per heavy atom. The molecule has 0 atom stereocenters. The third-order valence-corrected chi connectivity index (χ3v) is 2.17. The average Bonchev–Trinajstić information content (AvgIpc) is 2.23. The van der Waals surface area contributed by atoms with Crippen LogP contribution < -0.4 is 10.3 Å². The van der Waals surface area contributed by atoms with Crippen LogP contribution >= 0.6 is 0 Å². The predicted molar refractivity (Wildman–Crippen MR) is 58.7 cm³/mol. The number of nitrogens with zero attached hydrogens (tertiary/aromatic N) is 3. The highest BCUT2D eigenvalue weighted by Crippen LogP contribution is 2.17. The zero-order valence-corrected chi connectivity index (χ0v) is 8.57. The lowest BCUT2D eigenvalue weighted by atomic mass is 10.2. The first-order valence-corrected chi connectivity index (χ1v) is 4.77. The Kier molecular flexibility index (Phi) is 3.74. The minimum Gasteiger partial charge on any atom is -0.372 e. The van der Waals surface area contributed by atoms with Crippen LogP contribution in [0.1, 0.15) is 13.8 Å². The van der Waals surface area contributed by atoms with Crippen molar-refractivity contribution < 1.29 is 0 Å². The van der Waals surface area contributed by atoms with Gasteiger partial charge in [-0.1, -0.05) is 0 Å². The molecule has 0 amide bonds. The van der Waals surface area contributed by atoms with E-state index >= 15 is 0 Å². The quantitative estimate of drug-likeness (QED) is 0.587. The number of benzene rings is 1. The van der Waals surface area contributed by atoms with Gasteiger partial charge in [-0.25, -0.2) is 0 Å². The number of anilines is 2. The largest absolute Gasteiger partial charge is 0.372 e. The van der Waals surface area contributed by atoms with E-state index in [4.69, 9.17) is 5.39 Å². The summed E-state index contributed by atoms with van der Waals surface area (Å²) in [4.78, 5) is 2.25. The van der Waals surface area contributed by atoms with E-state index in [1.807, 2.05) is 24.3 Å². The summed E-state index contributed by atoms with van der Waals surface area (Å²) in [5.74, 6) is 0. The van der Waals surface area contributed by atoms with Crippen LogP contribution in [0.3, 0.4) is 0 Å². The van der Waals surface area contributed by atoms with E-state index in [1.165, 1.54) is 5.69 Å². The molecule has 4 nitrogen and oxygen atoms in total. The first-order chi connectivity index (χ1) is 6.81. The van der Waals surface area contributed by atoms with Crippen molar-refractivity contribution in [3.63, 3.8) is 0 Å². The Hall–Kier alpha value is -1.76. The lowest BCUT2D eigenvalue weighted by Gasteiger charge is -2.20. The molecule has 0 heterocycles. The summed E-state index contributed by atoms with van der Waals surface area (Å²) in [6, 6.07) is 7.77. The Morgan fingerprint density at radius 1 is 1.21 bits per heavy atom. The SMILES string of the molecule is CCN(CC)c1ccc(N[N+]#N)cc1. The van der Waals surface area contributed by atoms with Gasteiger partial charge in [0, 0.05) is 18.8 Å². The topological polar surface area (TPSA) is 43.4 Å². The number of rotatable bonds is 4. The molecule has 1 N–H and O–H groups in total. The van der Waals surface area contributed by atoms with Gasteiger partial charge in [-0.2, -0.15) is 0 Å². The van der Waals surface area contributed by atoms with Crippen LogP contribution in [0.5, 0.6) is 0 Å². The van der Waals surface area contributed by atoms with Crippen LogP contribution in [-0.2, 0) is 0 Å². The first kappa shape index (κ1) is 10.3. The van der Waals surface area contributed by atoms with Crippen LogP contribution in [0.15, 0.2) is 24.3 Å². The molecule has 1 aromatic carbocycles. The van der Waals surface area contributed by atoms with Crippen molar-refractivity contribution in [2.75, 3.05) is 23.4 Å². The summed E-state index contributed by atoms with van der Waals surface area (Å²) in [6.45, 7) is 6.23. The number of diazo groups is 1. The Morgan fingerprint density at radius 2 is 1.79 bits per heavy atom. The summed E-state index contributed by atoms with van der Waals surface area (Å²) >= 11 is 0. The van der Waals surface area contributed by atoms with Gasteiger partial charge in [-0.05, 0) is 43.5 Å². The minimum atomic E-state index is 0.781. The fraction of sp³-hybridized carbons (Fsp3) is 0.400. The smallest absolute Gasteiger partial charge is 0.308 e. The Labute approximate surface area is 84.1 Å². The monoisotopic (exact) mass is 191 g/mol. The van der Waals surface area contributed by atoms with Gasteiger partial charge in [-0.15, -0.1) is 0 Å². The highest BCUT2D eigenvalue weighted by molar-refractivity contribution is 5.55. The predicted octanol–water partition coefficient (Wildman–Crippen LogP) is 2.71. The number of hydrogen-bond donors (Lipinski definition) is 1. The molecule has 1 aromatic rings. The van der Waals surface area contributed by atoms with Crippen molar-refractivity contribution in [3.8, 4) is 0 Å². The maximum absolute atomic E-state index is 8.29. The molecule has 0 fully saturated rings. The summed E-state index contributed by atoms with van der Waals surface area (Å²) in [5, 5.41) is 11.2. The summed E-state index contributed by atoms with van der Waals surface area (Å²) in [7, 11) is 0. The molecule has 0 radical (unpaired) electrons. The highest BCUT2D eigenvalue weighted by Gasteiger charge is 2.02. The van der Waals surface area contributed by atoms with E-state index in [0.717, 1.165) is 18.8 Å². The molecule has 4 heteroatoms. The zero-order chi connectivity index (χ0) is 10.4. The Balaban J connectivity index is 2.77. The molecule has 14 heavy (non-hydrogen) atoms. The standard InChI is InChI=1S/C10H15N4/c1-3-14(4-2)10-7-5-9(6-8-10)12-13-11/h5-8,12H,3-4H2,1-2H3/q+1. The first-order valence-electron chi connectivity index (χ1n) is 4.77. The van der Waals surface area contributed by atoms with Crippen molar-refractivity contribution in [2.24, 2.45) is 0 Å². The molecule has 0 aliphatic rings. The van der Waals surface area contributed by atoms with Gasteiger partial charge in [0.1, 0.15) is 5.69 Å².